The van der Waals surface area contributed by atoms with Crippen molar-refractivity contribution in [2.24, 2.45) is 11.1 Å². The van der Waals surface area contributed by atoms with Gasteiger partial charge in [-0.25, -0.2) is 0 Å². The Labute approximate surface area is 90.2 Å². The van der Waals surface area contributed by atoms with Gasteiger partial charge in [0, 0.05) is 6.54 Å². The molecule has 0 aromatic carbocycles. The molecule has 5 heteroatoms. The standard InChI is InChI=1S/C10H19N3O2/c1-7(2)9(11-3)10(14)13-6-4-5-8(13)12-15/h7-9,11H,4-6H2,1-3H3. The molecule has 0 aliphatic carbocycles. The van der Waals surface area contributed by atoms with E-state index >= 15 is 0 Å². The molecule has 5 nitrogen and oxygen atoms in total. The summed E-state index contributed by atoms with van der Waals surface area (Å²) in [5, 5.41) is 5.98. The first-order chi connectivity index (χ1) is 7.11. The van der Waals surface area contributed by atoms with Gasteiger partial charge in [-0.15, -0.1) is 4.91 Å². The van der Waals surface area contributed by atoms with Crippen LogP contribution in [0.25, 0.3) is 0 Å². The summed E-state index contributed by atoms with van der Waals surface area (Å²) in [6.45, 7) is 4.62. The van der Waals surface area contributed by atoms with Gasteiger partial charge in [0.1, 0.15) is 0 Å². The zero-order valence-corrected chi connectivity index (χ0v) is 9.56. The highest BCUT2D eigenvalue weighted by Crippen LogP contribution is 2.20. The van der Waals surface area contributed by atoms with Crippen LogP contribution in [-0.4, -0.2) is 36.6 Å². The van der Waals surface area contributed by atoms with E-state index < -0.39 is 6.17 Å². The molecule has 2 atom stereocenters. The van der Waals surface area contributed by atoms with Crippen LogP contribution in [0.1, 0.15) is 26.7 Å². The van der Waals surface area contributed by atoms with Gasteiger partial charge in [0.2, 0.25) is 5.91 Å². The molecule has 0 bridgehead atoms. The molecule has 0 spiro atoms. The van der Waals surface area contributed by atoms with Crippen molar-refractivity contribution in [3.8, 4) is 0 Å². The first kappa shape index (κ1) is 12.1. The smallest absolute Gasteiger partial charge is 0.241 e. The Balaban J connectivity index is 2.69. The number of amides is 1. The fourth-order valence-corrected chi connectivity index (χ4v) is 2.04. The fraction of sp³-hybridized carbons (Fsp3) is 0.900. The Morgan fingerprint density at radius 1 is 1.53 bits per heavy atom. The molecule has 1 aliphatic rings. The van der Waals surface area contributed by atoms with Crippen LogP contribution < -0.4 is 5.32 Å². The number of hydrogen-bond acceptors (Lipinski definition) is 4. The number of likely N-dealkylation sites (N-methyl/N-ethyl adjacent to an activating group) is 1. The largest absolute Gasteiger partial charge is 0.316 e. The quantitative estimate of drug-likeness (QED) is 0.707. The number of nitroso groups, excluding NO2 is 1. The van der Waals surface area contributed by atoms with E-state index in [0.29, 0.717) is 13.0 Å². The third-order valence-electron chi connectivity index (χ3n) is 2.87. The predicted octanol–water partition coefficient (Wildman–Crippen LogP) is 0.945. The molecule has 0 radical (unpaired) electrons. The summed E-state index contributed by atoms with van der Waals surface area (Å²) in [7, 11) is 1.77. The van der Waals surface area contributed by atoms with E-state index in [1.165, 1.54) is 0 Å². The summed E-state index contributed by atoms with van der Waals surface area (Å²) in [6, 6.07) is -0.215. The molecular weight excluding hydrogens is 194 g/mol. The van der Waals surface area contributed by atoms with Gasteiger partial charge in [-0.1, -0.05) is 13.8 Å². The van der Waals surface area contributed by atoms with Gasteiger partial charge in [-0.2, -0.15) is 0 Å². The van der Waals surface area contributed by atoms with Crippen LogP contribution in [0.3, 0.4) is 0 Å². The number of rotatable bonds is 4. The molecule has 1 fully saturated rings. The van der Waals surface area contributed by atoms with Gasteiger partial charge in [0.25, 0.3) is 0 Å². The summed E-state index contributed by atoms with van der Waals surface area (Å²) in [6.07, 6.45) is 1.12. The lowest BCUT2D eigenvalue weighted by Gasteiger charge is -2.27. The summed E-state index contributed by atoms with van der Waals surface area (Å²) >= 11 is 0. The van der Waals surface area contributed by atoms with Crippen LogP contribution in [0.15, 0.2) is 5.18 Å². The lowest BCUT2D eigenvalue weighted by molar-refractivity contribution is -0.135. The average molecular weight is 213 g/mol. The van der Waals surface area contributed by atoms with Crippen molar-refractivity contribution in [3.63, 3.8) is 0 Å². The Hall–Kier alpha value is -0.970. The van der Waals surface area contributed by atoms with E-state index in [1.807, 2.05) is 13.8 Å². The highest BCUT2D eigenvalue weighted by Gasteiger charge is 2.34. The maximum absolute atomic E-state index is 12.1. The number of carbonyl (C=O) groups is 1. The number of nitrogens with zero attached hydrogens (tertiary/aromatic N) is 2. The number of carbonyl (C=O) groups excluding carboxylic acids is 1. The van der Waals surface area contributed by atoms with E-state index in [9.17, 15) is 9.70 Å². The van der Waals surface area contributed by atoms with Gasteiger partial charge < -0.3 is 10.2 Å². The average Bonchev–Trinajstić information content (AvgIpc) is 2.65. The zero-order chi connectivity index (χ0) is 11.4. The van der Waals surface area contributed by atoms with Crippen LogP contribution in [0.5, 0.6) is 0 Å². The third-order valence-corrected chi connectivity index (χ3v) is 2.87. The molecule has 1 saturated heterocycles. The molecule has 1 amide bonds. The third kappa shape index (κ3) is 2.53. The van der Waals surface area contributed by atoms with Crippen molar-refractivity contribution in [1.82, 2.24) is 10.2 Å². The van der Waals surface area contributed by atoms with Crippen LogP contribution in [0.4, 0.5) is 0 Å². The first-order valence-electron chi connectivity index (χ1n) is 5.42. The first-order valence-corrected chi connectivity index (χ1v) is 5.42. The van der Waals surface area contributed by atoms with Crippen molar-refractivity contribution in [2.45, 2.75) is 38.9 Å². The van der Waals surface area contributed by atoms with E-state index in [4.69, 9.17) is 0 Å². The fourth-order valence-electron chi connectivity index (χ4n) is 2.04. The van der Waals surface area contributed by atoms with Crippen LogP contribution in [-0.2, 0) is 4.79 Å². The molecule has 2 unspecified atom stereocenters. The molecule has 0 aromatic heterocycles. The topological polar surface area (TPSA) is 61.8 Å². The SMILES string of the molecule is CNC(C(=O)N1CCCC1N=O)C(C)C. The van der Waals surface area contributed by atoms with E-state index in [1.54, 1.807) is 11.9 Å². The second kappa shape index (κ2) is 5.21. The van der Waals surface area contributed by atoms with Crippen molar-refractivity contribution < 1.29 is 4.79 Å². The molecular formula is C10H19N3O2. The van der Waals surface area contributed by atoms with Gasteiger partial charge in [-0.05, 0) is 31.0 Å². The molecule has 0 saturated carbocycles. The number of nitrogens with one attached hydrogen (secondary N) is 1. The minimum absolute atomic E-state index is 0.00500. The molecule has 15 heavy (non-hydrogen) atoms. The second-order valence-corrected chi connectivity index (χ2v) is 4.27. The minimum atomic E-state index is -0.452. The Kier molecular flexibility index (Phi) is 4.20. The van der Waals surface area contributed by atoms with Crippen LogP contribution >= 0.6 is 0 Å². The molecule has 1 rings (SSSR count). The Morgan fingerprint density at radius 3 is 2.67 bits per heavy atom. The summed E-state index contributed by atoms with van der Waals surface area (Å²) in [5.41, 5.74) is 0. The minimum Gasteiger partial charge on any atom is -0.316 e. The normalized spacial score (nSPS) is 23.2. The van der Waals surface area contributed by atoms with Gasteiger partial charge in [-0.3, -0.25) is 4.79 Å². The van der Waals surface area contributed by atoms with Crippen LogP contribution in [0, 0.1) is 10.8 Å². The second-order valence-electron chi connectivity index (χ2n) is 4.27. The van der Waals surface area contributed by atoms with Crippen molar-refractivity contribution in [1.29, 1.82) is 0 Å². The molecule has 1 heterocycles. The zero-order valence-electron chi connectivity index (χ0n) is 9.56. The molecule has 1 aliphatic heterocycles. The predicted molar refractivity (Wildman–Crippen MR) is 58.2 cm³/mol. The van der Waals surface area contributed by atoms with Gasteiger partial charge >= 0.3 is 0 Å². The Morgan fingerprint density at radius 2 is 2.20 bits per heavy atom. The van der Waals surface area contributed by atoms with Gasteiger partial charge in [0.15, 0.2) is 6.17 Å². The van der Waals surface area contributed by atoms with Crippen LogP contribution in [0.2, 0.25) is 0 Å². The lowest BCUT2D eigenvalue weighted by atomic mass is 10.0. The molecule has 0 aromatic rings. The monoisotopic (exact) mass is 213 g/mol. The van der Waals surface area contributed by atoms with E-state index in [2.05, 4.69) is 10.5 Å². The summed E-state index contributed by atoms with van der Waals surface area (Å²) < 4.78 is 0. The maximum atomic E-state index is 12.1. The van der Waals surface area contributed by atoms with Crippen molar-refractivity contribution >= 4 is 5.91 Å². The molecule has 1 N–H and O–H groups in total. The Bertz CT molecular complexity index is 243. The van der Waals surface area contributed by atoms with Crippen molar-refractivity contribution in [2.75, 3.05) is 13.6 Å². The molecule has 86 valence electrons. The van der Waals surface area contributed by atoms with E-state index in [0.717, 1.165) is 6.42 Å². The van der Waals surface area contributed by atoms with E-state index in [-0.39, 0.29) is 17.9 Å². The maximum Gasteiger partial charge on any atom is 0.241 e. The summed E-state index contributed by atoms with van der Waals surface area (Å²) in [4.78, 5) is 24.2. The van der Waals surface area contributed by atoms with Crippen molar-refractivity contribution in [3.05, 3.63) is 4.91 Å². The number of hydrogen-bond donors (Lipinski definition) is 1. The number of likely N-dealkylation sites (tertiary alicyclic amines) is 1. The highest BCUT2D eigenvalue weighted by atomic mass is 16.3. The lowest BCUT2D eigenvalue weighted by Crippen LogP contribution is -2.49. The summed E-state index contributed by atoms with van der Waals surface area (Å²) in [5.74, 6) is 0.213. The van der Waals surface area contributed by atoms with Gasteiger partial charge in [0.05, 0.1) is 6.04 Å². The highest BCUT2D eigenvalue weighted by molar-refractivity contribution is 5.82.